The van der Waals surface area contributed by atoms with Crippen molar-refractivity contribution in [2.24, 2.45) is 0 Å². The van der Waals surface area contributed by atoms with E-state index in [0.29, 0.717) is 0 Å². The fourth-order valence-corrected chi connectivity index (χ4v) is 1.91. The van der Waals surface area contributed by atoms with Gasteiger partial charge in [0.2, 0.25) is 0 Å². The monoisotopic (exact) mass is 191 g/mol. The van der Waals surface area contributed by atoms with Crippen molar-refractivity contribution in [3.63, 3.8) is 0 Å². The van der Waals surface area contributed by atoms with Crippen molar-refractivity contribution >= 4 is 0 Å². The fraction of sp³-hybridized carbons (Fsp3) is 0.500. The van der Waals surface area contributed by atoms with Crippen LogP contribution in [0.3, 0.4) is 0 Å². The minimum absolute atomic E-state index is 0.851. The number of aryl methyl sites for hydroxylation is 1. The maximum absolute atomic E-state index is 5.52. The Morgan fingerprint density at radius 1 is 1.43 bits per heavy atom. The molecule has 76 valence electrons. The Morgan fingerprint density at radius 3 is 3.07 bits per heavy atom. The van der Waals surface area contributed by atoms with E-state index in [4.69, 9.17) is 4.74 Å². The summed E-state index contributed by atoms with van der Waals surface area (Å²) in [6.45, 7) is 4.05. The number of nitrogens with one attached hydrogen (secondary N) is 1. The topological polar surface area (TPSA) is 21.3 Å². The number of hydrogen-bond acceptors (Lipinski definition) is 2. The smallest absolute Gasteiger partial charge is 0.122 e. The molecule has 1 aromatic rings. The van der Waals surface area contributed by atoms with Crippen LogP contribution in [0.15, 0.2) is 12.1 Å². The molecule has 0 aromatic heterocycles. The van der Waals surface area contributed by atoms with E-state index in [0.717, 1.165) is 31.7 Å². The van der Waals surface area contributed by atoms with Crippen LogP contribution in [0.4, 0.5) is 0 Å². The van der Waals surface area contributed by atoms with Crippen LogP contribution in [-0.2, 0) is 12.8 Å². The average molecular weight is 191 g/mol. The third-order valence-corrected chi connectivity index (χ3v) is 2.79. The molecule has 0 saturated carbocycles. The number of likely N-dealkylation sites (N-methyl/N-ethyl adjacent to an activating group) is 1. The molecule has 0 aliphatic carbocycles. The molecule has 1 N–H and O–H groups in total. The zero-order valence-corrected chi connectivity index (χ0v) is 8.89. The summed E-state index contributed by atoms with van der Waals surface area (Å²) in [6, 6.07) is 4.47. The molecule has 0 unspecified atom stereocenters. The number of fused-ring (bicyclic) bond motifs is 1. The van der Waals surface area contributed by atoms with Gasteiger partial charge in [-0.15, -0.1) is 0 Å². The summed E-state index contributed by atoms with van der Waals surface area (Å²) in [7, 11) is 1.99. The van der Waals surface area contributed by atoms with Gasteiger partial charge < -0.3 is 10.1 Å². The van der Waals surface area contributed by atoms with Crippen LogP contribution < -0.4 is 10.1 Å². The van der Waals surface area contributed by atoms with Crippen molar-refractivity contribution in [3.8, 4) is 5.75 Å². The molecule has 1 aliphatic rings. The minimum atomic E-state index is 0.851. The van der Waals surface area contributed by atoms with Crippen molar-refractivity contribution in [2.45, 2.75) is 19.8 Å². The molecule has 1 heterocycles. The molecule has 0 spiro atoms. The van der Waals surface area contributed by atoms with Gasteiger partial charge in [-0.25, -0.2) is 0 Å². The Hall–Kier alpha value is -1.02. The average Bonchev–Trinajstić information content (AvgIpc) is 2.61. The first-order valence-corrected chi connectivity index (χ1v) is 5.21. The zero-order chi connectivity index (χ0) is 9.97. The van der Waals surface area contributed by atoms with Crippen LogP contribution in [-0.4, -0.2) is 20.2 Å². The maximum atomic E-state index is 5.52. The van der Waals surface area contributed by atoms with Crippen LogP contribution >= 0.6 is 0 Å². The molecular formula is C12H17NO. The van der Waals surface area contributed by atoms with Gasteiger partial charge in [-0.1, -0.05) is 6.07 Å². The lowest BCUT2D eigenvalue weighted by Crippen LogP contribution is -2.11. The maximum Gasteiger partial charge on any atom is 0.122 e. The molecule has 1 aromatic carbocycles. The normalized spacial score (nSPS) is 13.9. The van der Waals surface area contributed by atoms with Crippen molar-refractivity contribution in [1.82, 2.24) is 5.32 Å². The predicted octanol–water partition coefficient (Wildman–Crippen LogP) is 1.69. The highest BCUT2D eigenvalue weighted by atomic mass is 16.5. The quantitative estimate of drug-likeness (QED) is 0.785. The van der Waals surface area contributed by atoms with Gasteiger partial charge in [0.15, 0.2) is 0 Å². The van der Waals surface area contributed by atoms with Gasteiger partial charge in [0, 0.05) is 6.42 Å². The molecular weight excluding hydrogens is 174 g/mol. The van der Waals surface area contributed by atoms with E-state index in [1.54, 1.807) is 0 Å². The molecule has 0 radical (unpaired) electrons. The largest absolute Gasteiger partial charge is 0.493 e. The second kappa shape index (κ2) is 4.01. The SMILES string of the molecule is CNCCc1cc2c(cc1C)OCC2. The summed E-state index contributed by atoms with van der Waals surface area (Å²) in [5.74, 6) is 1.09. The minimum Gasteiger partial charge on any atom is -0.493 e. The first-order valence-electron chi connectivity index (χ1n) is 5.21. The lowest BCUT2D eigenvalue weighted by molar-refractivity contribution is 0.356. The zero-order valence-electron chi connectivity index (χ0n) is 8.89. The van der Waals surface area contributed by atoms with Crippen LogP contribution in [0.5, 0.6) is 5.75 Å². The fourth-order valence-electron chi connectivity index (χ4n) is 1.91. The molecule has 14 heavy (non-hydrogen) atoms. The Labute approximate surface area is 85.3 Å². The number of hydrogen-bond donors (Lipinski definition) is 1. The summed E-state index contributed by atoms with van der Waals surface area (Å²) in [5, 5.41) is 3.18. The molecule has 1 aliphatic heterocycles. The van der Waals surface area contributed by atoms with Crippen molar-refractivity contribution in [2.75, 3.05) is 20.2 Å². The van der Waals surface area contributed by atoms with E-state index < -0.39 is 0 Å². The lowest BCUT2D eigenvalue weighted by atomic mass is 10.0. The van der Waals surface area contributed by atoms with Gasteiger partial charge in [0.05, 0.1) is 6.61 Å². The number of benzene rings is 1. The standard InChI is InChI=1S/C12H17NO/c1-9-7-12-11(4-6-14-12)8-10(9)3-5-13-2/h7-8,13H,3-6H2,1-2H3. The second-order valence-corrected chi connectivity index (χ2v) is 3.84. The van der Waals surface area contributed by atoms with Gasteiger partial charge in [-0.05, 0) is 49.7 Å². The highest BCUT2D eigenvalue weighted by Gasteiger charge is 2.13. The summed E-state index contributed by atoms with van der Waals surface area (Å²) in [5.41, 5.74) is 4.17. The summed E-state index contributed by atoms with van der Waals surface area (Å²) in [4.78, 5) is 0. The van der Waals surface area contributed by atoms with Gasteiger partial charge in [-0.3, -0.25) is 0 Å². The van der Waals surface area contributed by atoms with Crippen molar-refractivity contribution in [1.29, 1.82) is 0 Å². The van der Waals surface area contributed by atoms with E-state index >= 15 is 0 Å². The molecule has 0 atom stereocenters. The Kier molecular flexibility index (Phi) is 2.73. The third-order valence-electron chi connectivity index (χ3n) is 2.79. The number of rotatable bonds is 3. The van der Waals surface area contributed by atoms with Gasteiger partial charge in [0.1, 0.15) is 5.75 Å². The highest BCUT2D eigenvalue weighted by Crippen LogP contribution is 2.28. The van der Waals surface area contributed by atoms with Gasteiger partial charge in [0.25, 0.3) is 0 Å². The van der Waals surface area contributed by atoms with E-state index in [-0.39, 0.29) is 0 Å². The molecule has 0 amide bonds. The molecule has 2 nitrogen and oxygen atoms in total. The molecule has 0 fully saturated rings. The van der Waals surface area contributed by atoms with Crippen molar-refractivity contribution in [3.05, 3.63) is 28.8 Å². The van der Waals surface area contributed by atoms with Gasteiger partial charge in [-0.2, -0.15) is 0 Å². The van der Waals surface area contributed by atoms with E-state index in [2.05, 4.69) is 24.4 Å². The van der Waals surface area contributed by atoms with E-state index in [1.807, 2.05) is 7.05 Å². The van der Waals surface area contributed by atoms with E-state index in [1.165, 1.54) is 16.7 Å². The van der Waals surface area contributed by atoms with Crippen LogP contribution in [0.2, 0.25) is 0 Å². The predicted molar refractivity (Wildman–Crippen MR) is 58.0 cm³/mol. The summed E-state index contributed by atoms with van der Waals surface area (Å²) < 4.78 is 5.52. The first-order chi connectivity index (χ1) is 6.81. The van der Waals surface area contributed by atoms with E-state index in [9.17, 15) is 0 Å². The first kappa shape index (κ1) is 9.53. The Morgan fingerprint density at radius 2 is 2.29 bits per heavy atom. The van der Waals surface area contributed by atoms with Crippen LogP contribution in [0.25, 0.3) is 0 Å². The number of ether oxygens (including phenoxy) is 1. The van der Waals surface area contributed by atoms with Crippen molar-refractivity contribution < 1.29 is 4.74 Å². The third kappa shape index (κ3) is 1.75. The molecule has 0 saturated heterocycles. The van der Waals surface area contributed by atoms with Crippen LogP contribution in [0, 0.1) is 6.92 Å². The summed E-state index contributed by atoms with van der Waals surface area (Å²) >= 11 is 0. The molecule has 0 bridgehead atoms. The van der Waals surface area contributed by atoms with Gasteiger partial charge >= 0.3 is 0 Å². The highest BCUT2D eigenvalue weighted by molar-refractivity contribution is 5.44. The molecule has 2 heteroatoms. The Bertz CT molecular complexity index is 333. The Balaban J connectivity index is 2.23. The molecule has 2 rings (SSSR count). The second-order valence-electron chi connectivity index (χ2n) is 3.84. The summed E-state index contributed by atoms with van der Waals surface area (Å²) in [6.07, 6.45) is 2.18. The lowest BCUT2D eigenvalue weighted by Gasteiger charge is -2.08. The van der Waals surface area contributed by atoms with Crippen LogP contribution in [0.1, 0.15) is 16.7 Å².